The zero-order chi connectivity index (χ0) is 13.4. The summed E-state index contributed by atoms with van der Waals surface area (Å²) in [5.74, 6) is 0.923. The zero-order valence-electron chi connectivity index (χ0n) is 10.8. The van der Waals surface area contributed by atoms with Crippen LogP contribution in [0.25, 0.3) is 11.3 Å². The molecule has 1 aliphatic carbocycles. The molecule has 0 aromatic carbocycles. The van der Waals surface area contributed by atoms with Crippen LogP contribution in [0.2, 0.25) is 0 Å². The molecule has 0 saturated carbocycles. The van der Waals surface area contributed by atoms with Crippen molar-refractivity contribution in [2.75, 3.05) is 5.73 Å². The SMILES string of the molecule is CC1CCc2nc(N)c(C#N)c(-c3cnc[nH]3)c2C1. The van der Waals surface area contributed by atoms with Gasteiger partial charge in [0.05, 0.1) is 18.2 Å². The Hall–Kier alpha value is -2.35. The highest BCUT2D eigenvalue weighted by atomic mass is 14.9. The average molecular weight is 253 g/mol. The van der Waals surface area contributed by atoms with Gasteiger partial charge in [0, 0.05) is 11.3 Å². The van der Waals surface area contributed by atoms with Crippen molar-refractivity contribution in [2.45, 2.75) is 26.2 Å². The van der Waals surface area contributed by atoms with Gasteiger partial charge in [-0.2, -0.15) is 5.26 Å². The van der Waals surface area contributed by atoms with Crippen LogP contribution in [-0.2, 0) is 12.8 Å². The molecule has 1 atom stereocenters. The number of pyridine rings is 1. The number of fused-ring (bicyclic) bond motifs is 1. The molecule has 2 aromatic rings. The third-order valence-corrected chi connectivity index (χ3v) is 3.72. The van der Waals surface area contributed by atoms with Crippen LogP contribution in [-0.4, -0.2) is 15.0 Å². The number of imidazole rings is 1. The molecule has 2 heterocycles. The van der Waals surface area contributed by atoms with E-state index in [9.17, 15) is 5.26 Å². The van der Waals surface area contributed by atoms with E-state index in [0.717, 1.165) is 41.8 Å². The number of aromatic amines is 1. The highest BCUT2D eigenvalue weighted by molar-refractivity contribution is 5.77. The van der Waals surface area contributed by atoms with E-state index in [1.807, 2.05) is 0 Å². The second-order valence-corrected chi connectivity index (χ2v) is 5.10. The third-order valence-electron chi connectivity index (χ3n) is 3.72. The van der Waals surface area contributed by atoms with Gasteiger partial charge in [-0.15, -0.1) is 0 Å². The molecule has 0 aliphatic heterocycles. The molecule has 0 bridgehead atoms. The number of nitrogens with zero attached hydrogens (tertiary/aromatic N) is 3. The van der Waals surface area contributed by atoms with Gasteiger partial charge in [0.2, 0.25) is 0 Å². The highest BCUT2D eigenvalue weighted by Crippen LogP contribution is 2.36. The highest BCUT2D eigenvalue weighted by Gasteiger charge is 2.25. The third kappa shape index (κ3) is 1.85. The largest absolute Gasteiger partial charge is 0.383 e. The van der Waals surface area contributed by atoms with Crippen LogP contribution in [0.3, 0.4) is 0 Å². The van der Waals surface area contributed by atoms with Crippen LogP contribution < -0.4 is 5.73 Å². The summed E-state index contributed by atoms with van der Waals surface area (Å²) in [4.78, 5) is 11.5. The van der Waals surface area contributed by atoms with Crippen molar-refractivity contribution in [3.05, 3.63) is 29.3 Å². The Labute approximate surface area is 111 Å². The van der Waals surface area contributed by atoms with E-state index >= 15 is 0 Å². The standard InChI is InChI=1S/C14H15N5/c1-8-2-3-11-9(4-8)13(12-6-17-7-18-12)10(5-15)14(16)19-11/h6-8H,2-4H2,1H3,(H2,16,19)(H,17,18). The number of nitriles is 1. The lowest BCUT2D eigenvalue weighted by Crippen LogP contribution is -2.16. The maximum Gasteiger partial charge on any atom is 0.142 e. The van der Waals surface area contributed by atoms with Crippen LogP contribution in [0.15, 0.2) is 12.5 Å². The minimum absolute atomic E-state index is 0.320. The lowest BCUT2D eigenvalue weighted by atomic mass is 9.83. The molecule has 96 valence electrons. The smallest absolute Gasteiger partial charge is 0.142 e. The monoisotopic (exact) mass is 253 g/mol. The maximum absolute atomic E-state index is 9.36. The van der Waals surface area contributed by atoms with E-state index < -0.39 is 0 Å². The fraction of sp³-hybridized carbons (Fsp3) is 0.357. The van der Waals surface area contributed by atoms with Crippen molar-refractivity contribution in [2.24, 2.45) is 5.92 Å². The Bertz CT molecular complexity index is 651. The van der Waals surface area contributed by atoms with Gasteiger partial charge in [0.25, 0.3) is 0 Å². The quantitative estimate of drug-likeness (QED) is 0.813. The van der Waals surface area contributed by atoms with E-state index in [1.165, 1.54) is 0 Å². The van der Waals surface area contributed by atoms with E-state index in [0.29, 0.717) is 17.3 Å². The first kappa shape index (κ1) is 11.7. The minimum Gasteiger partial charge on any atom is -0.383 e. The Balaban J connectivity index is 2.30. The van der Waals surface area contributed by atoms with E-state index in [2.05, 4.69) is 27.9 Å². The zero-order valence-corrected chi connectivity index (χ0v) is 10.8. The molecule has 5 heteroatoms. The number of nitrogens with one attached hydrogen (secondary N) is 1. The number of rotatable bonds is 1. The van der Waals surface area contributed by atoms with Crippen molar-refractivity contribution >= 4 is 5.82 Å². The van der Waals surface area contributed by atoms with Crippen molar-refractivity contribution in [3.63, 3.8) is 0 Å². The summed E-state index contributed by atoms with van der Waals surface area (Å²) in [5.41, 5.74) is 10.3. The summed E-state index contributed by atoms with van der Waals surface area (Å²) in [5, 5.41) is 9.36. The summed E-state index contributed by atoms with van der Waals surface area (Å²) in [6.07, 6.45) is 6.33. The van der Waals surface area contributed by atoms with Crippen LogP contribution in [0.1, 0.15) is 30.2 Å². The topological polar surface area (TPSA) is 91.4 Å². The Morgan fingerprint density at radius 2 is 2.37 bits per heavy atom. The van der Waals surface area contributed by atoms with E-state index in [-0.39, 0.29) is 0 Å². The van der Waals surface area contributed by atoms with Gasteiger partial charge in [-0.3, -0.25) is 0 Å². The van der Waals surface area contributed by atoms with Gasteiger partial charge < -0.3 is 10.7 Å². The first-order valence-electron chi connectivity index (χ1n) is 6.40. The van der Waals surface area contributed by atoms with Crippen LogP contribution >= 0.6 is 0 Å². The Kier molecular flexibility index (Phi) is 2.71. The van der Waals surface area contributed by atoms with Gasteiger partial charge in [0.15, 0.2) is 0 Å². The molecule has 19 heavy (non-hydrogen) atoms. The number of nitrogen functional groups attached to an aromatic ring is 1. The predicted molar refractivity (Wildman–Crippen MR) is 72.1 cm³/mol. The number of H-pyrrole nitrogens is 1. The van der Waals surface area contributed by atoms with Crippen LogP contribution in [0.5, 0.6) is 0 Å². The van der Waals surface area contributed by atoms with Crippen molar-refractivity contribution in [3.8, 4) is 17.3 Å². The maximum atomic E-state index is 9.36. The van der Waals surface area contributed by atoms with Gasteiger partial charge >= 0.3 is 0 Å². The molecule has 1 aliphatic rings. The molecule has 2 aromatic heterocycles. The average Bonchev–Trinajstić information content (AvgIpc) is 2.91. The summed E-state index contributed by atoms with van der Waals surface area (Å²) in [7, 11) is 0. The molecule has 0 saturated heterocycles. The van der Waals surface area contributed by atoms with Gasteiger partial charge in [-0.1, -0.05) is 6.92 Å². The molecular formula is C14H15N5. The summed E-state index contributed by atoms with van der Waals surface area (Å²) < 4.78 is 0. The predicted octanol–water partition coefficient (Wildman–Crippen LogP) is 2.05. The number of anilines is 1. The van der Waals surface area contributed by atoms with E-state index in [1.54, 1.807) is 12.5 Å². The van der Waals surface area contributed by atoms with Crippen LogP contribution in [0.4, 0.5) is 5.82 Å². The fourth-order valence-corrected chi connectivity index (χ4v) is 2.76. The molecule has 1 unspecified atom stereocenters. The van der Waals surface area contributed by atoms with Crippen LogP contribution in [0, 0.1) is 17.2 Å². The minimum atomic E-state index is 0.320. The summed E-state index contributed by atoms with van der Waals surface area (Å²) in [6.45, 7) is 2.22. The summed E-state index contributed by atoms with van der Waals surface area (Å²) in [6, 6.07) is 2.18. The number of hydrogen-bond donors (Lipinski definition) is 2. The van der Waals surface area contributed by atoms with Gasteiger partial charge in [-0.05, 0) is 30.7 Å². The first-order valence-corrected chi connectivity index (χ1v) is 6.40. The van der Waals surface area contributed by atoms with Crippen molar-refractivity contribution < 1.29 is 0 Å². The molecular weight excluding hydrogens is 238 g/mol. The van der Waals surface area contributed by atoms with Crippen molar-refractivity contribution in [1.29, 1.82) is 5.26 Å². The second kappa shape index (κ2) is 4.39. The van der Waals surface area contributed by atoms with Gasteiger partial charge in [0.1, 0.15) is 17.5 Å². The molecule has 3 rings (SSSR count). The molecule has 0 radical (unpaired) electrons. The molecule has 0 fully saturated rings. The normalized spacial score (nSPS) is 17.8. The second-order valence-electron chi connectivity index (χ2n) is 5.10. The Morgan fingerprint density at radius 3 is 3.05 bits per heavy atom. The number of aromatic nitrogens is 3. The Morgan fingerprint density at radius 1 is 1.53 bits per heavy atom. The number of nitrogens with two attached hydrogens (primary N) is 1. The van der Waals surface area contributed by atoms with Gasteiger partial charge in [-0.25, -0.2) is 9.97 Å². The first-order chi connectivity index (χ1) is 9.20. The molecule has 5 nitrogen and oxygen atoms in total. The van der Waals surface area contributed by atoms with E-state index in [4.69, 9.17) is 5.73 Å². The molecule has 0 amide bonds. The lowest BCUT2D eigenvalue weighted by molar-refractivity contribution is 0.495. The number of hydrogen-bond acceptors (Lipinski definition) is 4. The number of aryl methyl sites for hydroxylation is 1. The molecule has 3 N–H and O–H groups in total. The lowest BCUT2D eigenvalue weighted by Gasteiger charge is -2.24. The molecule has 0 spiro atoms. The van der Waals surface area contributed by atoms with Crippen molar-refractivity contribution in [1.82, 2.24) is 15.0 Å². The summed E-state index contributed by atoms with van der Waals surface area (Å²) >= 11 is 0. The fourth-order valence-electron chi connectivity index (χ4n) is 2.76.